The van der Waals surface area contributed by atoms with Crippen molar-refractivity contribution in [1.82, 2.24) is 0 Å². The van der Waals surface area contributed by atoms with E-state index in [2.05, 4.69) is 4.99 Å². The number of alkyl halides is 6. The van der Waals surface area contributed by atoms with Gasteiger partial charge >= 0.3 is 12.4 Å². The summed E-state index contributed by atoms with van der Waals surface area (Å²) in [6.45, 7) is 6.12. The van der Waals surface area contributed by atoms with E-state index in [4.69, 9.17) is 23.1 Å². The Morgan fingerprint density at radius 1 is 0.733 bits per heavy atom. The number of nitrogens with two attached hydrogens (primary N) is 2. The number of rotatable bonds is 10. The molecule has 0 aromatic heterocycles. The number of aryl methyl sites for hydroxylation is 2. The van der Waals surface area contributed by atoms with Crippen LogP contribution >= 0.6 is 11.6 Å². The quantitative estimate of drug-likeness (QED) is 0.132. The van der Waals surface area contributed by atoms with Crippen LogP contribution in [0.5, 0.6) is 0 Å². The van der Waals surface area contributed by atoms with Crippen molar-refractivity contribution in [3.63, 3.8) is 0 Å². The maximum Gasteiger partial charge on any atom is 0.417 e. The first kappa shape index (κ1) is 39.8. The van der Waals surface area contributed by atoms with Crippen molar-refractivity contribution in [2.45, 2.75) is 75.5 Å². The Bertz CT molecular complexity index is 1670. The third kappa shape index (κ3) is 11.0. The lowest BCUT2D eigenvalue weighted by atomic mass is 10.0. The number of unbranched alkanes of at least 4 members (excludes halogenated alkanes) is 2. The summed E-state index contributed by atoms with van der Waals surface area (Å²) >= 11 is 5.23. The Labute approximate surface area is 261 Å². The van der Waals surface area contributed by atoms with E-state index in [1.165, 1.54) is 13.8 Å². The van der Waals surface area contributed by atoms with E-state index in [1.807, 2.05) is 0 Å². The molecule has 0 atom stereocenters. The van der Waals surface area contributed by atoms with Crippen molar-refractivity contribution in [1.29, 1.82) is 0 Å². The maximum absolute atomic E-state index is 13.3. The van der Waals surface area contributed by atoms with Crippen LogP contribution in [-0.4, -0.2) is 45.5 Å². The Kier molecular flexibility index (Phi) is 13.6. The Morgan fingerprint density at radius 3 is 1.40 bits per heavy atom. The molecule has 2 aromatic carbocycles. The van der Waals surface area contributed by atoms with E-state index in [0.29, 0.717) is 25.0 Å². The van der Waals surface area contributed by atoms with E-state index < -0.39 is 81.4 Å². The fourth-order valence-electron chi connectivity index (χ4n) is 3.83. The summed E-state index contributed by atoms with van der Waals surface area (Å²) in [4.78, 5) is 24.5. The van der Waals surface area contributed by atoms with E-state index in [9.17, 15) is 52.8 Å². The number of hydrogen-bond acceptors (Lipinski definition) is 6. The SMILES string of the molecule is CCCCS(=O)(=O)c1cc(C)c(C(=O)Cl)cc1C(F)(F)F.CCCCS(=O)(=O)c1cc(C)c(C(=O)N=C(N)N)cc1C(F)(F)F. The Morgan fingerprint density at radius 2 is 1.09 bits per heavy atom. The lowest BCUT2D eigenvalue weighted by molar-refractivity contribution is -0.140. The third-order valence-electron chi connectivity index (χ3n) is 6.14. The highest BCUT2D eigenvalue weighted by molar-refractivity contribution is 7.91. The topological polar surface area (TPSA) is 167 Å². The molecular formula is C27H32ClF6N3O6S2. The second-order valence-corrected chi connectivity index (χ2v) is 14.3. The summed E-state index contributed by atoms with van der Waals surface area (Å²) in [5.74, 6) is -2.46. The Hall–Kier alpha value is -3.18. The summed E-state index contributed by atoms with van der Waals surface area (Å²) in [7, 11) is -8.22. The lowest BCUT2D eigenvalue weighted by Gasteiger charge is -2.16. The highest BCUT2D eigenvalue weighted by atomic mass is 35.5. The summed E-state index contributed by atoms with van der Waals surface area (Å²) in [6.07, 6.45) is -8.29. The number of hydrogen-bond donors (Lipinski definition) is 2. The molecule has 0 spiro atoms. The van der Waals surface area contributed by atoms with E-state index in [1.54, 1.807) is 13.8 Å². The maximum atomic E-state index is 13.3. The first-order valence-electron chi connectivity index (χ1n) is 13.1. The zero-order valence-corrected chi connectivity index (χ0v) is 27.0. The van der Waals surface area contributed by atoms with Gasteiger partial charge in [0.2, 0.25) is 0 Å². The first-order valence-corrected chi connectivity index (χ1v) is 16.8. The van der Waals surface area contributed by atoms with Gasteiger partial charge in [0.05, 0.1) is 32.4 Å². The molecule has 9 nitrogen and oxygen atoms in total. The number of carbonyl (C=O) groups is 2. The van der Waals surface area contributed by atoms with Crippen LogP contribution in [-0.2, 0) is 32.0 Å². The fourth-order valence-corrected chi connectivity index (χ4v) is 7.54. The number of aliphatic imine (C=N–C) groups is 1. The van der Waals surface area contributed by atoms with Crippen molar-refractivity contribution in [3.05, 3.63) is 57.6 Å². The molecule has 0 saturated carbocycles. The lowest BCUT2D eigenvalue weighted by Crippen LogP contribution is -2.24. The predicted molar refractivity (Wildman–Crippen MR) is 157 cm³/mol. The molecule has 0 radical (unpaired) electrons. The summed E-state index contributed by atoms with van der Waals surface area (Å²) < 4.78 is 128. The molecule has 2 aromatic rings. The number of amides is 1. The van der Waals surface area contributed by atoms with Crippen molar-refractivity contribution in [2.24, 2.45) is 16.5 Å². The third-order valence-corrected chi connectivity index (χ3v) is 10.0. The van der Waals surface area contributed by atoms with Gasteiger partial charge in [-0.15, -0.1) is 0 Å². The van der Waals surface area contributed by atoms with Gasteiger partial charge in [-0.3, -0.25) is 9.59 Å². The van der Waals surface area contributed by atoms with Gasteiger partial charge in [0.1, 0.15) is 0 Å². The number of guanidine groups is 1. The van der Waals surface area contributed by atoms with Crippen LogP contribution in [0.3, 0.4) is 0 Å². The minimum Gasteiger partial charge on any atom is -0.370 e. The molecule has 0 unspecified atom stereocenters. The summed E-state index contributed by atoms with van der Waals surface area (Å²) in [5.41, 5.74) is 6.71. The van der Waals surface area contributed by atoms with Gasteiger partial charge in [0, 0.05) is 11.1 Å². The van der Waals surface area contributed by atoms with Crippen LogP contribution in [0.25, 0.3) is 0 Å². The molecule has 45 heavy (non-hydrogen) atoms. The molecule has 4 N–H and O–H groups in total. The molecule has 0 aliphatic carbocycles. The minimum atomic E-state index is -4.95. The minimum absolute atomic E-state index is 0.0353. The number of carbonyl (C=O) groups excluding carboxylic acids is 2. The molecule has 0 bridgehead atoms. The van der Waals surface area contributed by atoms with Gasteiger partial charge in [0.15, 0.2) is 25.6 Å². The molecule has 252 valence electrons. The van der Waals surface area contributed by atoms with Gasteiger partial charge < -0.3 is 11.5 Å². The fraction of sp³-hybridized carbons (Fsp3) is 0.444. The van der Waals surface area contributed by atoms with Gasteiger partial charge in [-0.2, -0.15) is 31.3 Å². The standard InChI is InChI=1S/C14H18F3N3O3S.C13H14ClF3O3S/c1-3-4-5-24(22,23)11-6-8(2)9(12(21)20-13(18)19)7-10(11)14(15,16)17;1-3-4-5-21(19,20)11-6-8(2)9(12(14)18)7-10(11)13(15,16)17/h6-7H,3-5H2,1-2H3,(H4,18,19,20,21);6-7H,3-5H2,1-2H3. The second kappa shape index (κ2) is 15.4. The van der Waals surface area contributed by atoms with Crippen molar-refractivity contribution >= 4 is 48.4 Å². The molecule has 0 heterocycles. The average molecular weight is 708 g/mol. The monoisotopic (exact) mass is 707 g/mol. The summed E-state index contributed by atoms with van der Waals surface area (Å²) in [6, 6.07) is 2.68. The normalized spacial score (nSPS) is 12.2. The second-order valence-electron chi connectivity index (χ2n) is 9.78. The van der Waals surface area contributed by atoms with Crippen molar-refractivity contribution in [2.75, 3.05) is 11.5 Å². The van der Waals surface area contributed by atoms with Crippen LogP contribution < -0.4 is 11.5 Å². The molecular weight excluding hydrogens is 676 g/mol. The first-order chi connectivity index (χ1) is 20.4. The number of halogens is 7. The number of benzene rings is 2. The number of nitrogens with zero attached hydrogens (tertiary/aromatic N) is 1. The molecule has 1 amide bonds. The highest BCUT2D eigenvalue weighted by Crippen LogP contribution is 2.38. The average Bonchev–Trinajstić information content (AvgIpc) is 2.88. The summed E-state index contributed by atoms with van der Waals surface area (Å²) in [5, 5.41) is -1.06. The number of sulfone groups is 2. The molecule has 18 heteroatoms. The molecule has 0 saturated heterocycles. The van der Waals surface area contributed by atoms with Gasteiger partial charge in [-0.1, -0.05) is 26.7 Å². The van der Waals surface area contributed by atoms with Crippen LogP contribution in [0.15, 0.2) is 39.0 Å². The smallest absolute Gasteiger partial charge is 0.370 e. The zero-order chi connectivity index (χ0) is 35.1. The van der Waals surface area contributed by atoms with Crippen LogP contribution in [0.1, 0.15) is 82.5 Å². The van der Waals surface area contributed by atoms with Crippen LogP contribution in [0.2, 0.25) is 0 Å². The van der Waals surface area contributed by atoms with Gasteiger partial charge in [-0.25, -0.2) is 16.8 Å². The van der Waals surface area contributed by atoms with Crippen molar-refractivity contribution < 1.29 is 52.8 Å². The molecule has 0 aliphatic heterocycles. The van der Waals surface area contributed by atoms with E-state index in [0.717, 1.165) is 12.1 Å². The van der Waals surface area contributed by atoms with Crippen molar-refractivity contribution in [3.8, 4) is 0 Å². The zero-order valence-electron chi connectivity index (χ0n) is 24.6. The Balaban J connectivity index is 0.000000454. The highest BCUT2D eigenvalue weighted by Gasteiger charge is 2.39. The molecule has 2 rings (SSSR count). The predicted octanol–water partition coefficient (Wildman–Crippen LogP) is 5.97. The molecule has 0 fully saturated rings. The van der Waals surface area contributed by atoms with Gasteiger partial charge in [-0.05, 0) is 73.7 Å². The van der Waals surface area contributed by atoms with E-state index >= 15 is 0 Å². The van der Waals surface area contributed by atoms with Crippen LogP contribution in [0.4, 0.5) is 26.3 Å². The van der Waals surface area contributed by atoms with Gasteiger partial charge in [0.25, 0.3) is 11.1 Å². The van der Waals surface area contributed by atoms with Crippen LogP contribution in [0, 0.1) is 13.8 Å². The molecule has 0 aliphatic rings. The van der Waals surface area contributed by atoms with E-state index in [-0.39, 0.29) is 35.3 Å². The largest absolute Gasteiger partial charge is 0.417 e.